The van der Waals surface area contributed by atoms with Crippen LogP contribution in [0, 0.1) is 13.8 Å². The molecule has 22 heavy (non-hydrogen) atoms. The summed E-state index contributed by atoms with van der Waals surface area (Å²) in [5, 5.41) is 11.2. The van der Waals surface area contributed by atoms with Crippen molar-refractivity contribution in [2.45, 2.75) is 45.1 Å². The molecule has 0 fully saturated rings. The summed E-state index contributed by atoms with van der Waals surface area (Å²) in [5.41, 5.74) is 3.06. The van der Waals surface area contributed by atoms with Gasteiger partial charge in [-0.05, 0) is 43.0 Å². The Morgan fingerprint density at radius 2 is 2.05 bits per heavy atom. The molecule has 1 aromatic rings. The van der Waals surface area contributed by atoms with Gasteiger partial charge in [-0.15, -0.1) is 0 Å². The van der Waals surface area contributed by atoms with Crippen LogP contribution in [-0.2, 0) is 11.2 Å². The lowest BCUT2D eigenvalue weighted by Crippen LogP contribution is -2.40. The van der Waals surface area contributed by atoms with Crippen molar-refractivity contribution in [1.82, 2.24) is 5.32 Å². The molecule has 1 heterocycles. The van der Waals surface area contributed by atoms with Gasteiger partial charge in [0.15, 0.2) is 12.2 Å². The zero-order chi connectivity index (χ0) is 16.5. The number of carbonyl (C=O) groups excluding carboxylic acids is 1. The molecular weight excluding hydrogens is 299 g/mol. The lowest BCUT2D eigenvalue weighted by molar-refractivity contribution is -0.205. The molecular formula is C15H18F3NO3. The zero-order valence-electron chi connectivity index (χ0n) is 12.3. The summed E-state index contributed by atoms with van der Waals surface area (Å²) >= 11 is 0. The van der Waals surface area contributed by atoms with Crippen molar-refractivity contribution >= 4 is 5.91 Å². The van der Waals surface area contributed by atoms with Crippen LogP contribution in [0.2, 0.25) is 0 Å². The van der Waals surface area contributed by atoms with Crippen LogP contribution in [0.15, 0.2) is 12.1 Å². The normalized spacial score (nSPS) is 18.5. The Labute approximate surface area is 126 Å². The van der Waals surface area contributed by atoms with Crippen molar-refractivity contribution in [1.29, 1.82) is 0 Å². The van der Waals surface area contributed by atoms with Crippen molar-refractivity contribution < 1.29 is 27.8 Å². The van der Waals surface area contributed by atoms with E-state index in [2.05, 4.69) is 5.32 Å². The molecule has 2 atom stereocenters. The number of hydrogen-bond donors (Lipinski definition) is 2. The number of alkyl halides is 3. The number of aliphatic hydroxyl groups is 1. The highest BCUT2D eigenvalue weighted by Gasteiger charge is 2.38. The number of hydrogen-bond acceptors (Lipinski definition) is 3. The molecule has 0 bridgehead atoms. The van der Waals surface area contributed by atoms with E-state index >= 15 is 0 Å². The summed E-state index contributed by atoms with van der Waals surface area (Å²) in [7, 11) is 0. The van der Waals surface area contributed by atoms with Gasteiger partial charge in [0.2, 0.25) is 0 Å². The molecule has 1 aromatic carbocycles. The lowest BCUT2D eigenvalue weighted by atomic mass is 10.0. The number of benzene rings is 1. The second-order valence-electron chi connectivity index (χ2n) is 5.49. The van der Waals surface area contributed by atoms with E-state index in [1.807, 2.05) is 26.0 Å². The zero-order valence-corrected chi connectivity index (χ0v) is 12.3. The summed E-state index contributed by atoms with van der Waals surface area (Å²) in [6.45, 7) is 3.64. The van der Waals surface area contributed by atoms with Gasteiger partial charge in [-0.2, -0.15) is 13.2 Å². The van der Waals surface area contributed by atoms with Crippen LogP contribution in [0.3, 0.4) is 0 Å². The maximum absolute atomic E-state index is 12.1. The van der Waals surface area contributed by atoms with Crippen LogP contribution in [0.5, 0.6) is 5.75 Å². The monoisotopic (exact) mass is 317 g/mol. The van der Waals surface area contributed by atoms with E-state index < -0.39 is 30.7 Å². The van der Waals surface area contributed by atoms with Crippen molar-refractivity contribution in [2.75, 3.05) is 6.54 Å². The molecule has 0 spiro atoms. The number of ether oxygens (including phenoxy) is 1. The third-order valence-electron chi connectivity index (χ3n) is 3.74. The molecule has 7 heteroatoms. The van der Waals surface area contributed by atoms with Crippen LogP contribution in [0.1, 0.15) is 23.1 Å². The molecule has 0 unspecified atom stereocenters. The topological polar surface area (TPSA) is 58.6 Å². The van der Waals surface area contributed by atoms with Gasteiger partial charge in [-0.1, -0.05) is 6.07 Å². The number of amides is 1. The van der Waals surface area contributed by atoms with Crippen LogP contribution in [-0.4, -0.2) is 35.9 Å². The number of aliphatic hydroxyl groups excluding tert-OH is 1. The highest BCUT2D eigenvalue weighted by atomic mass is 19.4. The maximum Gasteiger partial charge on any atom is 0.414 e. The Balaban J connectivity index is 1.86. The summed E-state index contributed by atoms with van der Waals surface area (Å²) in [5.74, 6) is 0.166. The van der Waals surface area contributed by atoms with Crippen molar-refractivity contribution in [3.8, 4) is 5.75 Å². The van der Waals surface area contributed by atoms with E-state index in [1.54, 1.807) is 0 Å². The fourth-order valence-corrected chi connectivity index (χ4v) is 2.27. The van der Waals surface area contributed by atoms with Crippen LogP contribution in [0.4, 0.5) is 13.2 Å². The second-order valence-corrected chi connectivity index (χ2v) is 5.49. The molecule has 2 N–H and O–H groups in total. The fraction of sp³-hybridized carbons (Fsp3) is 0.533. The standard InChI is InChI=1S/C15H18F3NO3/c1-8-5-10-7-12(22-11(10)6-9(8)2)14(21)19-4-3-13(20)15(16,17)18/h5-6,12-13,20H,3-4,7H2,1-2H3,(H,19,21)/t12-,13+/m1/s1. The summed E-state index contributed by atoms with van der Waals surface area (Å²) in [6, 6.07) is 3.80. The number of halogens is 3. The molecule has 0 radical (unpaired) electrons. The third-order valence-corrected chi connectivity index (χ3v) is 3.74. The fourth-order valence-electron chi connectivity index (χ4n) is 2.27. The van der Waals surface area contributed by atoms with Crippen LogP contribution in [0.25, 0.3) is 0 Å². The first-order valence-electron chi connectivity index (χ1n) is 6.97. The smallest absolute Gasteiger partial charge is 0.414 e. The van der Waals surface area contributed by atoms with E-state index in [-0.39, 0.29) is 6.54 Å². The Bertz CT molecular complexity index is 541. The van der Waals surface area contributed by atoms with Gasteiger partial charge in [0.05, 0.1) is 0 Å². The average molecular weight is 317 g/mol. The summed E-state index contributed by atoms with van der Waals surface area (Å²) < 4.78 is 42.0. The SMILES string of the molecule is Cc1cc2c(cc1C)O[C@@H](C(=O)NCC[C@H](O)C(F)(F)F)C2. The van der Waals surface area contributed by atoms with Gasteiger partial charge in [-0.25, -0.2) is 0 Å². The third kappa shape index (κ3) is 3.71. The Hall–Kier alpha value is -1.76. The molecule has 2 rings (SSSR count). The van der Waals surface area contributed by atoms with Gasteiger partial charge in [0.25, 0.3) is 5.91 Å². The average Bonchev–Trinajstić information content (AvgIpc) is 2.80. The molecule has 4 nitrogen and oxygen atoms in total. The minimum Gasteiger partial charge on any atom is -0.480 e. The Kier molecular flexibility index (Phi) is 4.65. The van der Waals surface area contributed by atoms with E-state index in [0.717, 1.165) is 16.7 Å². The van der Waals surface area contributed by atoms with E-state index in [1.165, 1.54) is 0 Å². The largest absolute Gasteiger partial charge is 0.480 e. The molecule has 0 aromatic heterocycles. The predicted octanol–water partition coefficient (Wildman–Crippen LogP) is 2.04. The van der Waals surface area contributed by atoms with E-state index in [9.17, 15) is 18.0 Å². The van der Waals surface area contributed by atoms with Crippen LogP contribution < -0.4 is 10.1 Å². The number of carbonyl (C=O) groups is 1. The number of fused-ring (bicyclic) bond motifs is 1. The van der Waals surface area contributed by atoms with E-state index in [4.69, 9.17) is 9.84 Å². The number of aryl methyl sites for hydroxylation is 2. The summed E-state index contributed by atoms with van der Waals surface area (Å²) in [4.78, 5) is 11.9. The lowest BCUT2D eigenvalue weighted by Gasteiger charge is -2.15. The van der Waals surface area contributed by atoms with Crippen molar-refractivity contribution in [3.63, 3.8) is 0 Å². The summed E-state index contributed by atoms with van der Waals surface area (Å²) in [6.07, 6.45) is -8.02. The van der Waals surface area contributed by atoms with Gasteiger partial charge in [-0.3, -0.25) is 4.79 Å². The number of rotatable bonds is 4. The highest BCUT2D eigenvalue weighted by Crippen LogP contribution is 2.31. The molecule has 0 aliphatic carbocycles. The molecule has 1 aliphatic heterocycles. The predicted molar refractivity (Wildman–Crippen MR) is 73.7 cm³/mol. The number of nitrogens with one attached hydrogen (secondary N) is 1. The molecule has 0 saturated carbocycles. The Morgan fingerprint density at radius 3 is 2.68 bits per heavy atom. The van der Waals surface area contributed by atoms with Gasteiger partial charge >= 0.3 is 6.18 Å². The van der Waals surface area contributed by atoms with Crippen molar-refractivity contribution in [2.24, 2.45) is 0 Å². The maximum atomic E-state index is 12.1. The molecule has 122 valence electrons. The minimum atomic E-state index is -4.67. The van der Waals surface area contributed by atoms with Crippen molar-refractivity contribution in [3.05, 3.63) is 28.8 Å². The first kappa shape index (κ1) is 16.6. The molecule has 1 amide bonds. The van der Waals surface area contributed by atoms with E-state index in [0.29, 0.717) is 12.2 Å². The van der Waals surface area contributed by atoms with Gasteiger partial charge in [0.1, 0.15) is 5.75 Å². The Morgan fingerprint density at radius 1 is 1.41 bits per heavy atom. The van der Waals surface area contributed by atoms with Gasteiger partial charge < -0.3 is 15.2 Å². The highest BCUT2D eigenvalue weighted by molar-refractivity contribution is 5.82. The van der Waals surface area contributed by atoms with Gasteiger partial charge in [0, 0.05) is 13.0 Å². The first-order chi connectivity index (χ1) is 10.2. The van der Waals surface area contributed by atoms with Crippen LogP contribution >= 0.6 is 0 Å². The first-order valence-corrected chi connectivity index (χ1v) is 6.97. The molecule has 0 saturated heterocycles. The second kappa shape index (κ2) is 6.16. The quantitative estimate of drug-likeness (QED) is 0.893. The molecule has 1 aliphatic rings. The minimum absolute atomic E-state index is 0.256.